The lowest BCUT2D eigenvalue weighted by atomic mass is 10.0. The van der Waals surface area contributed by atoms with Crippen LogP contribution in [0, 0.1) is 5.82 Å². The Bertz CT molecular complexity index is 827. The van der Waals surface area contributed by atoms with Crippen molar-refractivity contribution in [3.05, 3.63) is 59.4 Å². The van der Waals surface area contributed by atoms with Crippen molar-refractivity contribution >= 4 is 11.6 Å². The summed E-state index contributed by atoms with van der Waals surface area (Å²) in [5.41, 5.74) is 2.91. The van der Waals surface area contributed by atoms with Gasteiger partial charge in [0.2, 0.25) is 5.91 Å². The first-order valence-electron chi connectivity index (χ1n) is 9.32. The lowest BCUT2D eigenvalue weighted by Gasteiger charge is -2.35. The van der Waals surface area contributed by atoms with Crippen molar-refractivity contribution in [1.29, 1.82) is 0 Å². The first-order valence-corrected chi connectivity index (χ1v) is 9.32. The number of fused-ring (bicyclic) bond motifs is 1. The number of carbonyl (C=O) groups excluding carboxylic acids is 1. The van der Waals surface area contributed by atoms with E-state index in [0.717, 1.165) is 42.1 Å². The highest BCUT2D eigenvalue weighted by atomic mass is 19.1. The van der Waals surface area contributed by atoms with Crippen LogP contribution in [0.2, 0.25) is 0 Å². The number of rotatable bonds is 5. The largest absolute Gasteiger partial charge is 0.492 e. The molecule has 2 aliphatic rings. The molecule has 0 bridgehead atoms. The second-order valence-corrected chi connectivity index (χ2v) is 6.90. The summed E-state index contributed by atoms with van der Waals surface area (Å²) in [6.07, 6.45) is 1.25. The smallest absolute Gasteiger partial charge is 0.224 e. The van der Waals surface area contributed by atoms with Crippen molar-refractivity contribution in [2.24, 2.45) is 0 Å². The number of nitrogens with one attached hydrogen (secondary N) is 1. The molecule has 5 nitrogen and oxygen atoms in total. The number of benzene rings is 2. The van der Waals surface area contributed by atoms with Crippen molar-refractivity contribution < 1.29 is 18.7 Å². The van der Waals surface area contributed by atoms with Gasteiger partial charge in [0, 0.05) is 25.2 Å². The third kappa shape index (κ3) is 4.28. The van der Waals surface area contributed by atoms with Gasteiger partial charge < -0.3 is 14.8 Å². The molecule has 0 aromatic heterocycles. The number of morpholine rings is 1. The predicted molar refractivity (Wildman–Crippen MR) is 100 cm³/mol. The van der Waals surface area contributed by atoms with E-state index in [1.807, 2.05) is 24.3 Å². The van der Waals surface area contributed by atoms with Crippen molar-refractivity contribution in [3.63, 3.8) is 0 Å². The molecule has 1 N–H and O–H groups in total. The molecule has 0 radical (unpaired) electrons. The van der Waals surface area contributed by atoms with Gasteiger partial charge in [-0.3, -0.25) is 9.69 Å². The van der Waals surface area contributed by atoms with E-state index in [1.54, 1.807) is 12.1 Å². The normalized spacial score (nSPS) is 20.0. The Morgan fingerprint density at radius 2 is 2.15 bits per heavy atom. The van der Waals surface area contributed by atoms with E-state index in [1.165, 1.54) is 6.07 Å². The van der Waals surface area contributed by atoms with Crippen LogP contribution < -0.4 is 10.1 Å². The Morgan fingerprint density at radius 3 is 3.04 bits per heavy atom. The molecule has 2 heterocycles. The van der Waals surface area contributed by atoms with Gasteiger partial charge in [0.15, 0.2) is 0 Å². The van der Waals surface area contributed by atoms with Crippen molar-refractivity contribution in [3.8, 4) is 5.75 Å². The molecule has 0 saturated carbocycles. The number of halogens is 1. The van der Waals surface area contributed by atoms with E-state index < -0.39 is 0 Å². The third-order valence-corrected chi connectivity index (χ3v) is 5.09. The maximum atomic E-state index is 13.6. The highest BCUT2D eigenvalue weighted by Crippen LogP contribution is 2.27. The molecule has 1 fully saturated rings. The lowest BCUT2D eigenvalue weighted by molar-refractivity contribution is -0.116. The Labute approximate surface area is 158 Å². The summed E-state index contributed by atoms with van der Waals surface area (Å²) in [6.45, 7) is 3.29. The van der Waals surface area contributed by atoms with Gasteiger partial charge >= 0.3 is 0 Å². The maximum absolute atomic E-state index is 13.6. The summed E-state index contributed by atoms with van der Waals surface area (Å²) < 4.78 is 25.1. The Kier molecular flexibility index (Phi) is 5.36. The molecule has 142 valence electrons. The van der Waals surface area contributed by atoms with Gasteiger partial charge in [0.25, 0.3) is 0 Å². The minimum atomic E-state index is -0.226. The Morgan fingerprint density at radius 1 is 1.22 bits per heavy atom. The molecule has 6 heteroatoms. The molecule has 2 aromatic carbocycles. The summed E-state index contributed by atoms with van der Waals surface area (Å²) in [5.74, 6) is 0.641. The zero-order valence-corrected chi connectivity index (χ0v) is 15.1. The topological polar surface area (TPSA) is 50.8 Å². The lowest BCUT2D eigenvalue weighted by Crippen LogP contribution is -2.41. The number of amides is 1. The molecule has 1 atom stereocenters. The Hall–Kier alpha value is -2.44. The molecule has 2 aliphatic heterocycles. The van der Waals surface area contributed by atoms with Crippen LogP contribution in [0.5, 0.6) is 5.75 Å². The van der Waals surface area contributed by atoms with Gasteiger partial charge in [-0.1, -0.05) is 12.1 Å². The molecule has 0 aliphatic carbocycles. The second kappa shape index (κ2) is 8.06. The fraction of sp³-hybridized carbons (Fsp3) is 0.381. The molecular weight excluding hydrogens is 347 g/mol. The van der Waals surface area contributed by atoms with Crippen molar-refractivity contribution in [2.75, 3.05) is 38.2 Å². The number of aryl methyl sites for hydroxylation is 1. The third-order valence-electron chi connectivity index (χ3n) is 5.09. The number of hydrogen-bond donors (Lipinski definition) is 1. The highest BCUT2D eigenvalue weighted by molar-refractivity contribution is 5.93. The van der Waals surface area contributed by atoms with Crippen LogP contribution in [0.25, 0.3) is 0 Å². The summed E-state index contributed by atoms with van der Waals surface area (Å²) in [5, 5.41) is 2.88. The van der Waals surface area contributed by atoms with E-state index >= 15 is 0 Å². The summed E-state index contributed by atoms with van der Waals surface area (Å²) in [6, 6.07) is 12.5. The van der Waals surface area contributed by atoms with Gasteiger partial charge in [0.1, 0.15) is 18.2 Å². The Balaban J connectivity index is 1.37. The number of anilines is 1. The van der Waals surface area contributed by atoms with Crippen LogP contribution >= 0.6 is 0 Å². The summed E-state index contributed by atoms with van der Waals surface area (Å²) >= 11 is 0. The molecule has 1 unspecified atom stereocenters. The average Bonchev–Trinajstić information content (AvgIpc) is 2.68. The van der Waals surface area contributed by atoms with E-state index in [0.29, 0.717) is 26.2 Å². The van der Waals surface area contributed by atoms with Gasteiger partial charge in [-0.25, -0.2) is 4.39 Å². The van der Waals surface area contributed by atoms with Crippen molar-refractivity contribution in [1.82, 2.24) is 4.90 Å². The maximum Gasteiger partial charge on any atom is 0.224 e. The minimum Gasteiger partial charge on any atom is -0.492 e. The monoisotopic (exact) mass is 370 g/mol. The van der Waals surface area contributed by atoms with E-state index in [2.05, 4.69) is 10.2 Å². The quantitative estimate of drug-likeness (QED) is 0.878. The molecular formula is C21H23FN2O3. The molecule has 0 spiro atoms. The van der Waals surface area contributed by atoms with Crippen molar-refractivity contribution in [2.45, 2.75) is 18.9 Å². The molecule has 4 rings (SSSR count). The SMILES string of the molecule is O=C1CCc2cc(OCCN3CCOCC3c3cccc(F)c3)ccc2N1. The summed E-state index contributed by atoms with van der Waals surface area (Å²) in [7, 11) is 0. The second-order valence-electron chi connectivity index (χ2n) is 6.90. The van der Waals surface area contributed by atoms with Crippen LogP contribution in [-0.2, 0) is 16.0 Å². The number of ether oxygens (including phenoxy) is 2. The highest BCUT2D eigenvalue weighted by Gasteiger charge is 2.24. The van der Waals surface area contributed by atoms with Crippen LogP contribution in [0.4, 0.5) is 10.1 Å². The molecule has 2 aromatic rings. The average molecular weight is 370 g/mol. The zero-order valence-electron chi connectivity index (χ0n) is 15.1. The van der Waals surface area contributed by atoms with Gasteiger partial charge in [-0.15, -0.1) is 0 Å². The zero-order chi connectivity index (χ0) is 18.6. The number of nitrogens with zero attached hydrogens (tertiary/aromatic N) is 1. The molecule has 1 amide bonds. The first kappa shape index (κ1) is 17.9. The molecule has 27 heavy (non-hydrogen) atoms. The van der Waals surface area contributed by atoms with E-state index in [-0.39, 0.29) is 17.8 Å². The van der Waals surface area contributed by atoms with Gasteiger partial charge in [-0.05, 0) is 47.9 Å². The van der Waals surface area contributed by atoms with Crippen LogP contribution in [0.1, 0.15) is 23.6 Å². The van der Waals surface area contributed by atoms with Crippen LogP contribution in [0.15, 0.2) is 42.5 Å². The van der Waals surface area contributed by atoms with Gasteiger partial charge in [-0.2, -0.15) is 0 Å². The fourth-order valence-corrected chi connectivity index (χ4v) is 3.66. The first-order chi connectivity index (χ1) is 13.2. The number of hydrogen-bond acceptors (Lipinski definition) is 4. The molecule has 1 saturated heterocycles. The summed E-state index contributed by atoms with van der Waals surface area (Å²) in [4.78, 5) is 13.7. The van der Waals surface area contributed by atoms with Crippen LogP contribution in [0.3, 0.4) is 0 Å². The van der Waals surface area contributed by atoms with Gasteiger partial charge in [0.05, 0.1) is 19.3 Å². The van der Waals surface area contributed by atoms with E-state index in [4.69, 9.17) is 9.47 Å². The van der Waals surface area contributed by atoms with Crippen LogP contribution in [-0.4, -0.2) is 43.7 Å². The predicted octanol–water partition coefficient (Wildman–Crippen LogP) is 3.16. The fourth-order valence-electron chi connectivity index (χ4n) is 3.66. The minimum absolute atomic E-state index is 0.0387. The standard InChI is InChI=1S/C21H23FN2O3/c22-17-3-1-2-16(12-17)20-14-26-10-8-24(20)9-11-27-18-5-6-19-15(13-18)4-7-21(25)23-19/h1-3,5-6,12-13,20H,4,7-11,14H2,(H,23,25). The number of carbonyl (C=O) groups is 1. The van der Waals surface area contributed by atoms with E-state index in [9.17, 15) is 9.18 Å².